The molecular formula is C61H58N3OPt-. The van der Waals surface area contributed by atoms with Crippen molar-refractivity contribution in [3.05, 3.63) is 192 Å². The summed E-state index contributed by atoms with van der Waals surface area (Å²) in [7, 11) is 0. The van der Waals surface area contributed by atoms with Gasteiger partial charge in [0, 0.05) is 39.8 Å². The summed E-state index contributed by atoms with van der Waals surface area (Å²) in [6.45, 7) is 13.0. The molecule has 0 aliphatic rings. The van der Waals surface area contributed by atoms with E-state index in [-0.39, 0.29) is 44.2 Å². The van der Waals surface area contributed by atoms with Crippen LogP contribution in [0.1, 0.15) is 114 Å². The zero-order chi connectivity index (χ0) is 49.9. The summed E-state index contributed by atoms with van der Waals surface area (Å²) >= 11 is 0. The number of rotatable bonds is 11. The topological polar surface area (TPSA) is 50.9 Å². The third-order valence-electron chi connectivity index (χ3n) is 12.4. The summed E-state index contributed by atoms with van der Waals surface area (Å²) in [5.74, 6) is -1.34. The first kappa shape index (κ1) is 40.0. The maximum Gasteiger partial charge on any atom is 0.148 e. The Morgan fingerprint density at radius 2 is 1.20 bits per heavy atom. The van der Waals surface area contributed by atoms with Crippen molar-refractivity contribution in [1.29, 1.82) is 0 Å². The number of aromatic hydroxyl groups is 1. The Hall–Kier alpha value is -6.35. The van der Waals surface area contributed by atoms with Crippen LogP contribution in [0, 0.1) is 12.9 Å². The first-order valence-corrected chi connectivity index (χ1v) is 22.5. The number of phenolic OH excluding ortho intramolecular Hbond substituents is 1. The van der Waals surface area contributed by atoms with Crippen molar-refractivity contribution in [2.75, 3.05) is 0 Å². The molecule has 66 heavy (non-hydrogen) atoms. The number of imidazole rings is 1. The Bertz CT molecular complexity index is 3370. The Labute approximate surface area is 412 Å². The largest absolute Gasteiger partial charge is 0.507 e. The van der Waals surface area contributed by atoms with E-state index in [0.29, 0.717) is 33.7 Å². The number of benzene rings is 7. The average molecular weight is 1050 g/mol. The molecule has 0 unspecified atom stereocenters. The molecule has 9 rings (SSSR count). The van der Waals surface area contributed by atoms with Crippen molar-refractivity contribution < 1.29 is 33.0 Å². The minimum Gasteiger partial charge on any atom is -0.507 e. The quantitative estimate of drug-likeness (QED) is 0.131. The van der Waals surface area contributed by atoms with Crippen LogP contribution in [0.4, 0.5) is 0 Å². The van der Waals surface area contributed by atoms with E-state index < -0.39 is 18.6 Å². The first-order valence-electron chi connectivity index (χ1n) is 25.0. The second-order valence-electron chi connectivity index (χ2n) is 18.1. The van der Waals surface area contributed by atoms with Crippen LogP contribution in [0.25, 0.3) is 83.9 Å². The van der Waals surface area contributed by atoms with Crippen molar-refractivity contribution in [3.63, 3.8) is 0 Å². The number of fused-ring (bicyclic) bond motifs is 1. The zero-order valence-electron chi connectivity index (χ0n) is 43.8. The number of hydrogen-bond acceptors (Lipinski definition) is 3. The van der Waals surface area contributed by atoms with Crippen molar-refractivity contribution in [1.82, 2.24) is 14.5 Å². The van der Waals surface area contributed by atoms with Crippen LogP contribution in [0.5, 0.6) is 5.75 Å². The van der Waals surface area contributed by atoms with Crippen molar-refractivity contribution in [2.45, 2.75) is 85.9 Å². The van der Waals surface area contributed by atoms with Gasteiger partial charge in [0.05, 0.1) is 22.3 Å². The van der Waals surface area contributed by atoms with E-state index in [4.69, 9.17) is 16.8 Å². The maximum absolute atomic E-state index is 12.3. The van der Waals surface area contributed by atoms with E-state index in [1.54, 1.807) is 6.07 Å². The molecule has 0 spiro atoms. The number of para-hydroxylation sites is 1. The van der Waals surface area contributed by atoms with Crippen LogP contribution >= 0.6 is 0 Å². The standard InChI is InChI=1S/C61H58N3O.Pt/c1-37(2)46-28-47(38(3)4)30-50(29-46)44-23-24-57(41(9)27-44)64-58-22-16-21-53(59(58)63-61(64)55-35-48(39(5)6)34-54(40(7)8)60(55)65)51-31-49(43-19-14-11-15-20-43)32-52(33-51)56-36-45(25-26-62-56)42-17-12-10-13-18-42;/h10-32,34-40,65H,1-9H3;/q-1;/i9D3,37D,38D;. The average Bonchev–Trinajstić information content (AvgIpc) is 3.72. The van der Waals surface area contributed by atoms with Gasteiger partial charge in [-0.2, -0.15) is 0 Å². The third kappa shape index (κ3) is 9.09. The van der Waals surface area contributed by atoms with Gasteiger partial charge in [-0.1, -0.05) is 181 Å². The normalized spacial score (nSPS) is 13.2. The molecule has 9 aromatic rings. The molecule has 0 fully saturated rings. The molecule has 0 amide bonds. The second-order valence-corrected chi connectivity index (χ2v) is 18.1. The molecule has 2 heterocycles. The van der Waals surface area contributed by atoms with Crippen LogP contribution < -0.4 is 0 Å². The number of hydrogen-bond donors (Lipinski definition) is 1. The minimum absolute atomic E-state index is 0. The van der Waals surface area contributed by atoms with E-state index in [2.05, 4.69) is 82.3 Å². The Balaban J connectivity index is 0.00000676. The van der Waals surface area contributed by atoms with Gasteiger partial charge in [-0.15, -0.1) is 23.8 Å². The van der Waals surface area contributed by atoms with E-state index >= 15 is 0 Å². The smallest absolute Gasteiger partial charge is 0.148 e. The van der Waals surface area contributed by atoms with E-state index in [1.807, 2.05) is 136 Å². The number of nitrogens with zero attached hydrogens (tertiary/aromatic N) is 3. The minimum atomic E-state index is -2.60. The van der Waals surface area contributed by atoms with E-state index in [0.717, 1.165) is 72.5 Å². The van der Waals surface area contributed by atoms with Gasteiger partial charge >= 0.3 is 0 Å². The number of pyridine rings is 1. The number of phenols is 1. The van der Waals surface area contributed by atoms with Crippen LogP contribution in [0.15, 0.2) is 158 Å². The molecule has 0 saturated carbocycles. The zero-order valence-corrected chi connectivity index (χ0v) is 41.0. The van der Waals surface area contributed by atoms with Gasteiger partial charge in [0.15, 0.2) is 0 Å². The molecule has 2 aromatic heterocycles. The summed E-state index contributed by atoms with van der Waals surface area (Å²) in [5, 5.41) is 12.3. The van der Waals surface area contributed by atoms with Crippen molar-refractivity contribution in [3.8, 4) is 78.6 Å². The predicted octanol–water partition coefficient (Wildman–Crippen LogP) is 16.7. The summed E-state index contributed by atoms with van der Waals surface area (Å²) in [4.78, 5) is 10.3. The van der Waals surface area contributed by atoms with Gasteiger partial charge in [0.2, 0.25) is 0 Å². The summed E-state index contributed by atoms with van der Waals surface area (Å²) < 4.78 is 47.1. The fraction of sp³-hybridized carbons (Fsp3) is 0.213. The fourth-order valence-corrected chi connectivity index (χ4v) is 8.69. The second kappa shape index (κ2) is 19.2. The van der Waals surface area contributed by atoms with Gasteiger partial charge in [0.1, 0.15) is 11.6 Å². The van der Waals surface area contributed by atoms with Crippen LogP contribution in [0.2, 0.25) is 0 Å². The number of aryl methyl sites for hydroxylation is 1. The molecule has 0 aliphatic heterocycles. The summed E-state index contributed by atoms with van der Waals surface area (Å²) in [6.07, 6.45) is 1.83. The predicted molar refractivity (Wildman–Crippen MR) is 273 cm³/mol. The SMILES string of the molecule is [2H]C([2H])([2H])c1cc(-c2cc(C([2H])(C)C)cc(C([2H])(C)C)c2)ccc1-n1c(-c2cc(C(C)C)cc(C(C)C)c2O)nc2c(-c3[c-]c(-c4cc(-c5ccccc5)ccn4)cc(-c4ccccc4)c3)cccc21.[Pt]. The van der Waals surface area contributed by atoms with E-state index in [1.165, 1.54) is 0 Å². The Morgan fingerprint density at radius 3 is 1.83 bits per heavy atom. The summed E-state index contributed by atoms with van der Waals surface area (Å²) in [5.41, 5.74) is 14.0. The Kier molecular flexibility index (Phi) is 11.7. The molecule has 5 heteroatoms. The molecule has 0 radical (unpaired) electrons. The van der Waals surface area contributed by atoms with Gasteiger partial charge in [-0.3, -0.25) is 9.55 Å². The van der Waals surface area contributed by atoms with Gasteiger partial charge in [-0.25, -0.2) is 4.98 Å². The molecule has 0 saturated heterocycles. The van der Waals surface area contributed by atoms with Gasteiger partial charge in [0.25, 0.3) is 0 Å². The molecule has 7 aromatic carbocycles. The summed E-state index contributed by atoms with van der Waals surface area (Å²) in [6, 6.07) is 53.7. The molecule has 4 nitrogen and oxygen atoms in total. The Morgan fingerprint density at radius 1 is 0.561 bits per heavy atom. The molecular weight excluding hydrogens is 986 g/mol. The van der Waals surface area contributed by atoms with Gasteiger partial charge in [-0.05, 0) is 116 Å². The molecule has 0 aliphatic carbocycles. The molecule has 1 N–H and O–H groups in total. The van der Waals surface area contributed by atoms with Crippen molar-refractivity contribution >= 4 is 11.0 Å². The first-order chi connectivity index (χ1) is 33.2. The van der Waals surface area contributed by atoms with Crippen LogP contribution in [-0.4, -0.2) is 19.6 Å². The maximum atomic E-state index is 12.3. The molecule has 334 valence electrons. The third-order valence-corrected chi connectivity index (χ3v) is 12.4. The fourth-order valence-electron chi connectivity index (χ4n) is 8.69. The van der Waals surface area contributed by atoms with Gasteiger partial charge < -0.3 is 5.11 Å². The molecule has 0 bridgehead atoms. The monoisotopic (exact) mass is 1050 g/mol. The van der Waals surface area contributed by atoms with Crippen LogP contribution in [0.3, 0.4) is 0 Å². The van der Waals surface area contributed by atoms with E-state index in [9.17, 15) is 5.11 Å². The van der Waals surface area contributed by atoms with Crippen molar-refractivity contribution in [2.24, 2.45) is 0 Å². The molecule has 0 atom stereocenters. The van der Waals surface area contributed by atoms with Crippen LogP contribution in [-0.2, 0) is 21.1 Å². The number of aromatic nitrogens is 3.